The molecule has 3 aromatic rings. The Morgan fingerprint density at radius 2 is 2.07 bits per heavy atom. The highest BCUT2D eigenvalue weighted by atomic mass is 32.2. The van der Waals surface area contributed by atoms with E-state index in [1.807, 2.05) is 35.9 Å². The predicted molar refractivity (Wildman–Crippen MR) is 110 cm³/mol. The molecule has 2 aromatic heterocycles. The number of ketones is 1. The molecule has 0 N–H and O–H groups in total. The van der Waals surface area contributed by atoms with E-state index in [1.54, 1.807) is 18.7 Å². The van der Waals surface area contributed by atoms with E-state index in [1.165, 1.54) is 17.3 Å². The molecule has 1 aliphatic rings. The second-order valence-electron chi connectivity index (χ2n) is 7.31. The molecule has 0 bridgehead atoms. The average Bonchev–Trinajstić information content (AvgIpc) is 3.39. The fourth-order valence-corrected chi connectivity index (χ4v) is 4.36. The van der Waals surface area contributed by atoms with Gasteiger partial charge < -0.3 is 13.9 Å². The van der Waals surface area contributed by atoms with Crippen molar-refractivity contribution < 1.29 is 9.21 Å². The van der Waals surface area contributed by atoms with Gasteiger partial charge >= 0.3 is 0 Å². The van der Waals surface area contributed by atoms with Crippen molar-refractivity contribution in [3.63, 3.8) is 0 Å². The normalized spacial score (nSPS) is 16.5. The topological polar surface area (TPSA) is 64.2 Å². The molecule has 0 unspecified atom stereocenters. The van der Waals surface area contributed by atoms with Gasteiger partial charge in [0.15, 0.2) is 10.9 Å². The maximum absolute atomic E-state index is 12.7. The molecule has 144 valence electrons. The second-order valence-corrected chi connectivity index (χ2v) is 8.25. The van der Waals surface area contributed by atoms with Crippen LogP contribution in [0.3, 0.4) is 0 Å². The third kappa shape index (κ3) is 3.38. The molecule has 7 heteroatoms. The van der Waals surface area contributed by atoms with Crippen LogP contribution in [-0.2, 0) is 16.8 Å². The number of fused-ring (bicyclic) bond motifs is 1. The lowest BCUT2D eigenvalue weighted by Crippen LogP contribution is -2.24. The maximum atomic E-state index is 12.7. The van der Waals surface area contributed by atoms with Crippen LogP contribution in [0, 0.1) is 0 Å². The van der Waals surface area contributed by atoms with Crippen molar-refractivity contribution >= 4 is 23.2 Å². The largest absolute Gasteiger partial charge is 0.467 e. The molecular formula is C21H22N4O2S. The van der Waals surface area contributed by atoms with Crippen LogP contribution in [0.2, 0.25) is 0 Å². The van der Waals surface area contributed by atoms with Gasteiger partial charge in [0.2, 0.25) is 0 Å². The molecule has 0 aliphatic carbocycles. The van der Waals surface area contributed by atoms with Crippen LogP contribution in [-0.4, -0.2) is 33.3 Å². The van der Waals surface area contributed by atoms with Gasteiger partial charge in [0.05, 0.1) is 18.6 Å². The standard InChI is InChI=1S/C21H22N4O2S/c1-21(2)17-8-4-5-9-18(17)24(3)19(21)11-15(26)13-28-20-23-22-14-25(20)12-16-7-6-10-27-16/h4-11,14H,12-13H2,1-3H3. The number of rotatable bonds is 6. The van der Waals surface area contributed by atoms with E-state index in [0.29, 0.717) is 17.5 Å². The molecule has 4 rings (SSSR count). The molecule has 0 radical (unpaired) electrons. The zero-order valence-electron chi connectivity index (χ0n) is 16.1. The molecule has 28 heavy (non-hydrogen) atoms. The predicted octanol–water partition coefficient (Wildman–Crippen LogP) is 3.89. The minimum Gasteiger partial charge on any atom is -0.467 e. The van der Waals surface area contributed by atoms with Crippen LogP contribution < -0.4 is 4.90 Å². The van der Waals surface area contributed by atoms with Gasteiger partial charge in [-0.25, -0.2) is 0 Å². The van der Waals surface area contributed by atoms with Crippen LogP contribution in [0.25, 0.3) is 0 Å². The third-order valence-electron chi connectivity index (χ3n) is 5.07. The van der Waals surface area contributed by atoms with Gasteiger partial charge in [-0.05, 0) is 23.8 Å². The second kappa shape index (κ2) is 7.31. The Morgan fingerprint density at radius 3 is 2.82 bits per heavy atom. The smallest absolute Gasteiger partial charge is 0.191 e. The molecule has 0 fully saturated rings. The van der Waals surface area contributed by atoms with E-state index in [2.05, 4.69) is 41.1 Å². The van der Waals surface area contributed by atoms with E-state index >= 15 is 0 Å². The number of carbonyl (C=O) groups excluding carboxylic acids is 1. The fraction of sp³-hybridized carbons (Fsp3) is 0.286. The van der Waals surface area contributed by atoms with E-state index in [9.17, 15) is 4.79 Å². The van der Waals surface area contributed by atoms with Gasteiger partial charge in [-0.3, -0.25) is 4.79 Å². The minimum absolute atomic E-state index is 0.0558. The van der Waals surface area contributed by atoms with Crippen molar-refractivity contribution in [2.45, 2.75) is 31.0 Å². The van der Waals surface area contributed by atoms with Crippen LogP contribution in [0.5, 0.6) is 0 Å². The van der Waals surface area contributed by atoms with Crippen molar-refractivity contribution in [3.05, 3.63) is 72.1 Å². The Bertz CT molecular complexity index is 1020. The first-order valence-corrected chi connectivity index (χ1v) is 10.1. The Balaban J connectivity index is 1.46. The summed E-state index contributed by atoms with van der Waals surface area (Å²) in [6.07, 6.45) is 5.05. The summed E-state index contributed by atoms with van der Waals surface area (Å²) in [6, 6.07) is 12.0. The van der Waals surface area contributed by atoms with E-state index in [0.717, 1.165) is 17.1 Å². The number of benzene rings is 1. The highest BCUT2D eigenvalue weighted by Crippen LogP contribution is 2.46. The van der Waals surface area contributed by atoms with Crippen molar-refractivity contribution in [3.8, 4) is 0 Å². The van der Waals surface area contributed by atoms with E-state index in [-0.39, 0.29) is 11.2 Å². The molecule has 0 saturated heterocycles. The van der Waals surface area contributed by atoms with Crippen molar-refractivity contribution in [1.29, 1.82) is 0 Å². The summed E-state index contributed by atoms with van der Waals surface area (Å²) < 4.78 is 7.25. The number of hydrogen-bond donors (Lipinski definition) is 0. The lowest BCUT2D eigenvalue weighted by molar-refractivity contribution is -0.112. The summed E-state index contributed by atoms with van der Waals surface area (Å²) in [5, 5.41) is 8.79. The first-order chi connectivity index (χ1) is 13.5. The molecule has 0 saturated carbocycles. The van der Waals surface area contributed by atoms with Gasteiger partial charge in [0.1, 0.15) is 12.1 Å². The lowest BCUT2D eigenvalue weighted by atomic mass is 9.83. The van der Waals surface area contributed by atoms with Crippen LogP contribution in [0.4, 0.5) is 5.69 Å². The number of allylic oxidation sites excluding steroid dienone is 2. The quantitative estimate of drug-likeness (QED) is 0.467. The number of likely N-dealkylation sites (N-methyl/N-ethyl adjacent to an activating group) is 1. The third-order valence-corrected chi connectivity index (χ3v) is 6.07. The summed E-state index contributed by atoms with van der Waals surface area (Å²) in [6.45, 7) is 4.85. The van der Waals surface area contributed by atoms with Gasteiger partial charge in [0.25, 0.3) is 0 Å². The number of para-hydroxylation sites is 1. The molecule has 1 aliphatic heterocycles. The maximum Gasteiger partial charge on any atom is 0.191 e. The average molecular weight is 395 g/mol. The molecule has 3 heterocycles. The molecule has 0 atom stereocenters. The lowest BCUT2D eigenvalue weighted by Gasteiger charge is -2.23. The first-order valence-electron chi connectivity index (χ1n) is 9.08. The Morgan fingerprint density at radius 1 is 1.25 bits per heavy atom. The number of anilines is 1. The van der Waals surface area contributed by atoms with Gasteiger partial charge in [-0.1, -0.05) is 43.8 Å². The number of nitrogens with zero attached hydrogens (tertiary/aromatic N) is 4. The number of aromatic nitrogens is 3. The SMILES string of the molecule is CN1C(=CC(=O)CSc2nncn2Cc2ccco2)C(C)(C)c2ccccc21. The number of furan rings is 1. The Kier molecular flexibility index (Phi) is 4.85. The highest BCUT2D eigenvalue weighted by Gasteiger charge is 2.38. The summed E-state index contributed by atoms with van der Waals surface area (Å²) in [5.41, 5.74) is 3.20. The van der Waals surface area contributed by atoms with Crippen molar-refractivity contribution in [1.82, 2.24) is 14.8 Å². The van der Waals surface area contributed by atoms with Crippen molar-refractivity contribution in [2.24, 2.45) is 0 Å². The molecule has 0 spiro atoms. The van der Waals surface area contributed by atoms with Crippen LogP contribution in [0.1, 0.15) is 25.2 Å². The van der Waals surface area contributed by atoms with Crippen LogP contribution >= 0.6 is 11.8 Å². The molecule has 1 aromatic carbocycles. The molecule has 0 amide bonds. The molecular weight excluding hydrogens is 372 g/mol. The zero-order chi connectivity index (χ0) is 19.7. The van der Waals surface area contributed by atoms with E-state index < -0.39 is 0 Å². The summed E-state index contributed by atoms with van der Waals surface area (Å²) in [4.78, 5) is 14.8. The van der Waals surface area contributed by atoms with Crippen molar-refractivity contribution in [2.75, 3.05) is 17.7 Å². The van der Waals surface area contributed by atoms with Gasteiger partial charge in [-0.2, -0.15) is 0 Å². The Labute approximate surface area is 168 Å². The first kappa shape index (κ1) is 18.6. The number of hydrogen-bond acceptors (Lipinski definition) is 6. The zero-order valence-corrected chi connectivity index (χ0v) is 16.9. The van der Waals surface area contributed by atoms with Crippen LogP contribution in [0.15, 0.2) is 70.3 Å². The monoisotopic (exact) mass is 394 g/mol. The summed E-state index contributed by atoms with van der Waals surface area (Å²) in [5.74, 6) is 1.18. The Hall–Kier alpha value is -2.80. The van der Waals surface area contributed by atoms with Gasteiger partial charge in [-0.15, -0.1) is 10.2 Å². The number of carbonyl (C=O) groups is 1. The summed E-state index contributed by atoms with van der Waals surface area (Å²) in [7, 11) is 2.01. The van der Waals surface area contributed by atoms with E-state index in [4.69, 9.17) is 4.42 Å². The molecule has 6 nitrogen and oxygen atoms in total. The number of thioether (sulfide) groups is 1. The summed E-state index contributed by atoms with van der Waals surface area (Å²) >= 11 is 1.39. The van der Waals surface area contributed by atoms with Gasteiger partial charge in [0, 0.05) is 29.9 Å². The minimum atomic E-state index is -0.203. The highest BCUT2D eigenvalue weighted by molar-refractivity contribution is 7.99. The fourth-order valence-electron chi connectivity index (χ4n) is 3.62.